The lowest BCUT2D eigenvalue weighted by Gasteiger charge is -2.21. The molecule has 1 fully saturated rings. The third-order valence-electron chi connectivity index (χ3n) is 5.76. The zero-order valence-electron chi connectivity index (χ0n) is 17.8. The number of amides is 2. The molecule has 0 radical (unpaired) electrons. The first-order valence-corrected chi connectivity index (χ1v) is 10.1. The maximum absolute atomic E-state index is 13.7. The van der Waals surface area contributed by atoms with Crippen molar-refractivity contribution < 1.29 is 19.1 Å². The molecule has 156 valence electrons. The van der Waals surface area contributed by atoms with Crippen LogP contribution in [0.25, 0.3) is 5.57 Å². The van der Waals surface area contributed by atoms with Gasteiger partial charge >= 0.3 is 0 Å². The van der Waals surface area contributed by atoms with Gasteiger partial charge in [0.25, 0.3) is 11.8 Å². The summed E-state index contributed by atoms with van der Waals surface area (Å²) in [5, 5.41) is 0. The molecule has 2 aromatic rings. The lowest BCUT2D eigenvalue weighted by atomic mass is 9.97. The van der Waals surface area contributed by atoms with Crippen LogP contribution in [0.1, 0.15) is 29.5 Å². The fourth-order valence-electron chi connectivity index (χ4n) is 4.28. The number of carbonyl (C=O) groups is 2. The summed E-state index contributed by atoms with van der Waals surface area (Å²) in [6.07, 6.45) is 2.02. The van der Waals surface area contributed by atoms with E-state index in [1.807, 2.05) is 36.9 Å². The van der Waals surface area contributed by atoms with E-state index in [-0.39, 0.29) is 11.8 Å². The van der Waals surface area contributed by atoms with E-state index in [0.717, 1.165) is 42.6 Å². The molecular formula is C24H26N2O4. The summed E-state index contributed by atoms with van der Waals surface area (Å²) in [7, 11) is 3.08. The molecule has 0 N–H and O–H groups in total. The number of anilines is 1. The summed E-state index contributed by atoms with van der Waals surface area (Å²) in [5.74, 6) is 0.383. The predicted molar refractivity (Wildman–Crippen MR) is 116 cm³/mol. The molecule has 2 aliphatic heterocycles. The van der Waals surface area contributed by atoms with E-state index in [1.165, 1.54) is 12.0 Å². The molecule has 4 rings (SSSR count). The Balaban J connectivity index is 1.87. The Morgan fingerprint density at radius 1 is 0.867 bits per heavy atom. The van der Waals surface area contributed by atoms with Crippen molar-refractivity contribution in [2.45, 2.75) is 26.7 Å². The summed E-state index contributed by atoms with van der Waals surface area (Å²) in [6.45, 7) is 5.54. The second-order valence-electron chi connectivity index (χ2n) is 7.72. The van der Waals surface area contributed by atoms with Crippen LogP contribution < -0.4 is 14.4 Å². The van der Waals surface area contributed by atoms with Crippen LogP contribution in [0.5, 0.6) is 11.5 Å². The van der Waals surface area contributed by atoms with Crippen LogP contribution in [0.3, 0.4) is 0 Å². The largest absolute Gasteiger partial charge is 0.497 e. The Labute approximate surface area is 176 Å². The van der Waals surface area contributed by atoms with Crippen molar-refractivity contribution in [2.24, 2.45) is 0 Å². The molecule has 0 aromatic heterocycles. The van der Waals surface area contributed by atoms with Crippen LogP contribution in [-0.2, 0) is 9.59 Å². The highest BCUT2D eigenvalue weighted by atomic mass is 16.5. The van der Waals surface area contributed by atoms with Crippen LogP contribution >= 0.6 is 0 Å². The average molecular weight is 406 g/mol. The van der Waals surface area contributed by atoms with Crippen LogP contribution in [-0.4, -0.2) is 44.0 Å². The number of hydrogen-bond donors (Lipinski definition) is 0. The number of rotatable bonds is 5. The molecule has 0 unspecified atom stereocenters. The molecule has 2 heterocycles. The summed E-state index contributed by atoms with van der Waals surface area (Å²) < 4.78 is 10.7. The first kappa shape index (κ1) is 20.0. The Hall–Kier alpha value is -3.28. The van der Waals surface area contributed by atoms with Crippen molar-refractivity contribution in [3.63, 3.8) is 0 Å². The third-order valence-corrected chi connectivity index (χ3v) is 5.76. The van der Waals surface area contributed by atoms with Gasteiger partial charge in [-0.1, -0.05) is 23.8 Å². The van der Waals surface area contributed by atoms with Gasteiger partial charge in [-0.05, 0) is 49.9 Å². The topological polar surface area (TPSA) is 59.1 Å². The van der Waals surface area contributed by atoms with Crippen LogP contribution in [0.4, 0.5) is 5.69 Å². The SMILES string of the molecule is COc1ccc(N2C(=O)C(c3ccc(C)cc3C)=C(N3CCCC3)C2=O)c(OC)c1. The molecule has 2 aliphatic rings. The minimum atomic E-state index is -0.322. The Bertz CT molecular complexity index is 1050. The molecule has 0 aliphatic carbocycles. The van der Waals surface area contributed by atoms with E-state index >= 15 is 0 Å². The van der Waals surface area contributed by atoms with Crippen molar-refractivity contribution in [3.8, 4) is 11.5 Å². The number of benzene rings is 2. The minimum Gasteiger partial charge on any atom is -0.497 e. The van der Waals surface area contributed by atoms with Crippen molar-refractivity contribution in [1.29, 1.82) is 0 Å². The van der Waals surface area contributed by atoms with Gasteiger partial charge in [0, 0.05) is 19.2 Å². The monoisotopic (exact) mass is 406 g/mol. The number of nitrogens with zero attached hydrogens (tertiary/aromatic N) is 2. The molecular weight excluding hydrogens is 380 g/mol. The first-order valence-electron chi connectivity index (χ1n) is 10.1. The van der Waals surface area contributed by atoms with Crippen LogP contribution in [0, 0.1) is 13.8 Å². The number of aryl methyl sites for hydroxylation is 2. The molecule has 6 heteroatoms. The Morgan fingerprint density at radius 3 is 2.23 bits per heavy atom. The quantitative estimate of drug-likeness (QED) is 0.709. The van der Waals surface area contributed by atoms with Crippen molar-refractivity contribution in [3.05, 3.63) is 58.8 Å². The van der Waals surface area contributed by atoms with E-state index in [0.29, 0.717) is 28.5 Å². The van der Waals surface area contributed by atoms with Crippen LogP contribution in [0.2, 0.25) is 0 Å². The first-order chi connectivity index (χ1) is 14.5. The fourth-order valence-corrected chi connectivity index (χ4v) is 4.28. The van der Waals surface area contributed by atoms with Gasteiger partial charge in [-0.2, -0.15) is 0 Å². The Kier molecular flexibility index (Phi) is 5.24. The predicted octanol–water partition coefficient (Wildman–Crippen LogP) is 3.70. The maximum Gasteiger partial charge on any atom is 0.282 e. The summed E-state index contributed by atoms with van der Waals surface area (Å²) in [4.78, 5) is 30.6. The zero-order valence-corrected chi connectivity index (χ0v) is 17.8. The number of methoxy groups -OCH3 is 2. The number of likely N-dealkylation sites (tertiary alicyclic amines) is 1. The second-order valence-corrected chi connectivity index (χ2v) is 7.72. The maximum atomic E-state index is 13.7. The minimum absolute atomic E-state index is 0.305. The molecule has 0 bridgehead atoms. The number of imide groups is 1. The highest BCUT2D eigenvalue weighted by molar-refractivity contribution is 6.45. The summed E-state index contributed by atoms with van der Waals surface area (Å²) in [6, 6.07) is 11.1. The lowest BCUT2D eigenvalue weighted by Crippen LogP contribution is -2.34. The smallest absolute Gasteiger partial charge is 0.282 e. The molecule has 2 amide bonds. The van der Waals surface area contributed by atoms with E-state index in [2.05, 4.69) is 0 Å². The third kappa shape index (κ3) is 3.22. The molecule has 1 saturated heterocycles. The molecule has 2 aromatic carbocycles. The summed E-state index contributed by atoms with van der Waals surface area (Å²) >= 11 is 0. The number of ether oxygens (including phenoxy) is 2. The van der Waals surface area contributed by atoms with E-state index in [4.69, 9.17) is 9.47 Å². The van der Waals surface area contributed by atoms with Crippen molar-refractivity contribution in [2.75, 3.05) is 32.2 Å². The standard InChI is InChI=1S/C24H26N2O4/c1-15-7-9-18(16(2)13-15)21-22(25-11-5-6-12-25)24(28)26(23(21)27)19-10-8-17(29-3)14-20(19)30-4/h7-10,13-14H,5-6,11-12H2,1-4H3. The molecule has 0 saturated carbocycles. The van der Waals surface area contributed by atoms with Gasteiger partial charge in [-0.15, -0.1) is 0 Å². The lowest BCUT2D eigenvalue weighted by molar-refractivity contribution is -0.120. The highest BCUT2D eigenvalue weighted by Gasteiger charge is 2.44. The van der Waals surface area contributed by atoms with E-state index < -0.39 is 0 Å². The van der Waals surface area contributed by atoms with E-state index in [1.54, 1.807) is 25.3 Å². The fraction of sp³-hybridized carbons (Fsp3) is 0.333. The molecule has 0 spiro atoms. The van der Waals surface area contributed by atoms with Gasteiger partial charge in [0.05, 0.1) is 25.5 Å². The molecule has 30 heavy (non-hydrogen) atoms. The average Bonchev–Trinajstić information content (AvgIpc) is 3.34. The van der Waals surface area contributed by atoms with Gasteiger partial charge in [0.2, 0.25) is 0 Å². The summed E-state index contributed by atoms with van der Waals surface area (Å²) in [5.41, 5.74) is 4.27. The number of carbonyl (C=O) groups excluding carboxylic acids is 2. The zero-order chi connectivity index (χ0) is 21.4. The van der Waals surface area contributed by atoms with Gasteiger partial charge in [0.15, 0.2) is 0 Å². The molecule has 0 atom stereocenters. The van der Waals surface area contributed by atoms with Crippen LogP contribution in [0.15, 0.2) is 42.1 Å². The van der Waals surface area contributed by atoms with E-state index in [9.17, 15) is 9.59 Å². The highest BCUT2D eigenvalue weighted by Crippen LogP contribution is 2.41. The van der Waals surface area contributed by atoms with Crippen molar-refractivity contribution in [1.82, 2.24) is 4.90 Å². The number of hydrogen-bond acceptors (Lipinski definition) is 5. The van der Waals surface area contributed by atoms with Crippen molar-refractivity contribution >= 4 is 23.1 Å². The molecule has 6 nitrogen and oxygen atoms in total. The van der Waals surface area contributed by atoms with Gasteiger partial charge in [-0.25, -0.2) is 4.90 Å². The Morgan fingerprint density at radius 2 is 1.60 bits per heavy atom. The van der Waals surface area contributed by atoms with Gasteiger partial charge in [0.1, 0.15) is 17.2 Å². The van der Waals surface area contributed by atoms with Gasteiger partial charge < -0.3 is 14.4 Å². The van der Waals surface area contributed by atoms with Gasteiger partial charge in [-0.3, -0.25) is 9.59 Å². The second kappa shape index (κ2) is 7.86. The normalized spacial score (nSPS) is 16.7.